The minimum atomic E-state index is 0.266. The summed E-state index contributed by atoms with van der Waals surface area (Å²) >= 11 is 6.36. The van der Waals surface area contributed by atoms with Crippen LogP contribution in [0.2, 0.25) is 5.02 Å². The minimum Gasteiger partial charge on any atom is -0.491 e. The van der Waals surface area contributed by atoms with Crippen molar-refractivity contribution in [1.82, 2.24) is 5.32 Å². The Kier molecular flexibility index (Phi) is 3.14. The molecule has 3 rings (SSSR count). The Morgan fingerprint density at radius 3 is 2.89 bits per heavy atom. The van der Waals surface area contributed by atoms with Gasteiger partial charge in [-0.25, -0.2) is 0 Å². The third-order valence-corrected chi connectivity index (χ3v) is 3.70. The summed E-state index contributed by atoms with van der Waals surface area (Å²) in [6.07, 6.45) is 1.12. The topological polar surface area (TPSA) is 21.3 Å². The molecule has 1 heterocycles. The number of benzene rings is 2. The molecule has 94 valence electrons. The molecule has 3 heteroatoms. The van der Waals surface area contributed by atoms with E-state index >= 15 is 0 Å². The van der Waals surface area contributed by atoms with Crippen molar-refractivity contribution in [3.63, 3.8) is 0 Å². The number of hydrogen-bond acceptors (Lipinski definition) is 2. The smallest absolute Gasteiger partial charge is 0.132 e. The fourth-order valence-electron chi connectivity index (χ4n) is 2.49. The molecule has 0 bridgehead atoms. The van der Waals surface area contributed by atoms with E-state index in [9.17, 15) is 0 Å². The lowest BCUT2D eigenvalue weighted by Crippen LogP contribution is -2.23. The third-order valence-electron chi connectivity index (χ3n) is 3.38. The molecule has 2 aromatic carbocycles. The molecule has 0 fully saturated rings. The average Bonchev–Trinajstić information content (AvgIpc) is 2.80. The quantitative estimate of drug-likeness (QED) is 0.904. The van der Waals surface area contributed by atoms with Gasteiger partial charge in [0.25, 0.3) is 0 Å². The number of nitrogens with one attached hydrogen (secondary N) is 1. The Balaban J connectivity index is 2.09. The van der Waals surface area contributed by atoms with Crippen molar-refractivity contribution in [2.75, 3.05) is 13.2 Å². The van der Waals surface area contributed by atoms with E-state index in [1.54, 1.807) is 0 Å². The molecule has 1 N–H and O–H groups in total. The van der Waals surface area contributed by atoms with E-state index in [1.165, 1.54) is 5.56 Å². The molecule has 0 saturated carbocycles. The Bertz CT molecular complexity index is 582. The Hall–Kier alpha value is -1.25. The van der Waals surface area contributed by atoms with Gasteiger partial charge in [0.2, 0.25) is 0 Å². The van der Waals surface area contributed by atoms with E-state index < -0.39 is 0 Å². The summed E-state index contributed by atoms with van der Waals surface area (Å²) in [5.74, 6) is 0.989. The van der Waals surface area contributed by atoms with Crippen LogP contribution in [0.4, 0.5) is 0 Å². The van der Waals surface area contributed by atoms with Gasteiger partial charge in [0.15, 0.2) is 0 Å². The molecule has 0 amide bonds. The van der Waals surface area contributed by atoms with Crippen LogP contribution in [-0.2, 0) is 0 Å². The van der Waals surface area contributed by atoms with Gasteiger partial charge in [0, 0.05) is 21.4 Å². The van der Waals surface area contributed by atoms with E-state index in [0.29, 0.717) is 6.61 Å². The maximum Gasteiger partial charge on any atom is 0.132 e. The third kappa shape index (κ3) is 1.86. The van der Waals surface area contributed by atoms with Crippen LogP contribution in [0.25, 0.3) is 10.8 Å². The second kappa shape index (κ2) is 4.79. The van der Waals surface area contributed by atoms with Gasteiger partial charge in [-0.05, 0) is 19.0 Å². The summed E-state index contributed by atoms with van der Waals surface area (Å²) in [5.41, 5.74) is 1.19. The Labute approximate surface area is 112 Å². The van der Waals surface area contributed by atoms with E-state index in [4.69, 9.17) is 16.3 Å². The van der Waals surface area contributed by atoms with Gasteiger partial charge in [0.1, 0.15) is 12.4 Å². The highest BCUT2D eigenvalue weighted by Gasteiger charge is 2.26. The van der Waals surface area contributed by atoms with Crippen LogP contribution in [0.3, 0.4) is 0 Å². The first-order valence-corrected chi connectivity index (χ1v) is 6.76. The highest BCUT2D eigenvalue weighted by Crippen LogP contribution is 2.41. The summed E-state index contributed by atoms with van der Waals surface area (Å²) in [5, 5.41) is 6.48. The molecule has 0 saturated heterocycles. The lowest BCUT2D eigenvalue weighted by Gasteiger charge is -2.11. The zero-order chi connectivity index (χ0) is 12.5. The Morgan fingerprint density at radius 1 is 1.33 bits per heavy atom. The van der Waals surface area contributed by atoms with Gasteiger partial charge < -0.3 is 10.1 Å². The summed E-state index contributed by atoms with van der Waals surface area (Å²) in [7, 11) is 0. The van der Waals surface area contributed by atoms with Crippen molar-refractivity contribution in [1.29, 1.82) is 0 Å². The molecule has 0 aromatic heterocycles. The molecule has 1 aliphatic heterocycles. The molecule has 0 spiro atoms. The van der Waals surface area contributed by atoms with Crippen LogP contribution in [0.5, 0.6) is 5.75 Å². The molecular formula is C15H16ClNO. The molecular weight excluding hydrogens is 246 g/mol. The minimum absolute atomic E-state index is 0.266. The van der Waals surface area contributed by atoms with E-state index in [0.717, 1.165) is 34.5 Å². The number of halogens is 1. The van der Waals surface area contributed by atoms with Gasteiger partial charge in [0.05, 0.1) is 6.04 Å². The predicted octanol–water partition coefficient (Wildman–Crippen LogP) is 3.93. The van der Waals surface area contributed by atoms with Gasteiger partial charge in [-0.3, -0.25) is 0 Å². The number of fused-ring (bicyclic) bond motifs is 3. The zero-order valence-electron chi connectivity index (χ0n) is 10.4. The van der Waals surface area contributed by atoms with Crippen molar-refractivity contribution in [3.05, 3.63) is 40.9 Å². The predicted molar refractivity (Wildman–Crippen MR) is 75.5 cm³/mol. The molecule has 1 atom stereocenters. The zero-order valence-corrected chi connectivity index (χ0v) is 11.1. The first kappa shape index (κ1) is 11.8. The molecule has 2 nitrogen and oxygen atoms in total. The summed E-state index contributed by atoms with van der Waals surface area (Å²) in [4.78, 5) is 0. The van der Waals surface area contributed by atoms with Gasteiger partial charge >= 0.3 is 0 Å². The van der Waals surface area contributed by atoms with Gasteiger partial charge in [-0.1, -0.05) is 42.8 Å². The normalized spacial score (nSPS) is 17.8. The lowest BCUT2D eigenvalue weighted by atomic mass is 10.0. The molecule has 0 aliphatic carbocycles. The summed E-state index contributed by atoms with van der Waals surface area (Å²) in [6, 6.07) is 10.4. The van der Waals surface area contributed by atoms with E-state index in [2.05, 4.69) is 18.3 Å². The molecule has 18 heavy (non-hydrogen) atoms. The first-order chi connectivity index (χ1) is 8.81. The van der Waals surface area contributed by atoms with E-state index in [-0.39, 0.29) is 6.04 Å². The second-order valence-corrected chi connectivity index (χ2v) is 5.05. The number of hydrogen-bond donors (Lipinski definition) is 1. The van der Waals surface area contributed by atoms with Crippen LogP contribution >= 0.6 is 11.6 Å². The molecule has 1 aliphatic rings. The highest BCUT2D eigenvalue weighted by atomic mass is 35.5. The second-order valence-electron chi connectivity index (χ2n) is 4.64. The van der Waals surface area contributed by atoms with Crippen LogP contribution in [0, 0.1) is 0 Å². The summed E-state index contributed by atoms with van der Waals surface area (Å²) in [6.45, 7) is 3.86. The van der Waals surface area contributed by atoms with Crippen LogP contribution in [-0.4, -0.2) is 13.2 Å². The largest absolute Gasteiger partial charge is 0.491 e. The van der Waals surface area contributed by atoms with Crippen molar-refractivity contribution >= 4 is 22.4 Å². The SMILES string of the molecule is CCCNC1COc2c1cc(Cl)c1ccccc21. The fourth-order valence-corrected chi connectivity index (χ4v) is 2.77. The van der Waals surface area contributed by atoms with E-state index in [1.807, 2.05) is 24.3 Å². The van der Waals surface area contributed by atoms with Crippen LogP contribution < -0.4 is 10.1 Å². The standard InChI is InChI=1S/C15H16ClNO/c1-2-7-17-14-9-18-15-11-6-4-3-5-10(11)13(16)8-12(14)15/h3-6,8,14,17H,2,7,9H2,1H3. The van der Waals surface area contributed by atoms with Crippen molar-refractivity contribution in [3.8, 4) is 5.75 Å². The maximum atomic E-state index is 6.36. The monoisotopic (exact) mass is 261 g/mol. The molecule has 2 aromatic rings. The van der Waals surface area contributed by atoms with Gasteiger partial charge in [-0.15, -0.1) is 0 Å². The van der Waals surface area contributed by atoms with Gasteiger partial charge in [-0.2, -0.15) is 0 Å². The lowest BCUT2D eigenvalue weighted by molar-refractivity contribution is 0.314. The van der Waals surface area contributed by atoms with Crippen LogP contribution in [0.15, 0.2) is 30.3 Å². The van der Waals surface area contributed by atoms with Crippen molar-refractivity contribution in [2.45, 2.75) is 19.4 Å². The maximum absolute atomic E-state index is 6.36. The summed E-state index contributed by atoms with van der Waals surface area (Å²) < 4.78 is 5.86. The van der Waals surface area contributed by atoms with Crippen LogP contribution in [0.1, 0.15) is 24.9 Å². The van der Waals surface area contributed by atoms with Crippen molar-refractivity contribution in [2.24, 2.45) is 0 Å². The Morgan fingerprint density at radius 2 is 2.11 bits per heavy atom. The first-order valence-electron chi connectivity index (χ1n) is 6.38. The highest BCUT2D eigenvalue weighted by molar-refractivity contribution is 6.36. The number of ether oxygens (including phenoxy) is 1. The van der Waals surface area contributed by atoms with Crippen molar-refractivity contribution < 1.29 is 4.74 Å². The average molecular weight is 262 g/mol. The molecule has 0 radical (unpaired) electrons. The fraction of sp³-hybridized carbons (Fsp3) is 0.333. The molecule has 1 unspecified atom stereocenters. The number of rotatable bonds is 3.